The van der Waals surface area contributed by atoms with Crippen LogP contribution in [0.15, 0.2) is 29.6 Å². The number of halogens is 2. The van der Waals surface area contributed by atoms with Crippen molar-refractivity contribution >= 4 is 11.3 Å². The van der Waals surface area contributed by atoms with Crippen LogP contribution in [0.2, 0.25) is 0 Å². The summed E-state index contributed by atoms with van der Waals surface area (Å²) in [5, 5.41) is 5.50. The van der Waals surface area contributed by atoms with E-state index in [9.17, 15) is 8.78 Å². The van der Waals surface area contributed by atoms with Crippen LogP contribution in [0.25, 0.3) is 0 Å². The smallest absolute Gasteiger partial charge is 0.129 e. The van der Waals surface area contributed by atoms with Crippen LogP contribution in [0.4, 0.5) is 8.78 Å². The van der Waals surface area contributed by atoms with Gasteiger partial charge >= 0.3 is 0 Å². The first-order valence-corrected chi connectivity index (χ1v) is 7.71. The molecule has 0 aliphatic rings. The molecule has 2 aromatic rings. The summed E-state index contributed by atoms with van der Waals surface area (Å²) in [7, 11) is 0. The van der Waals surface area contributed by atoms with E-state index in [0.717, 1.165) is 19.0 Å². The minimum absolute atomic E-state index is 0.0705. The zero-order chi connectivity index (χ0) is 14.5. The minimum Gasteiger partial charge on any atom is -0.310 e. The average molecular weight is 295 g/mol. The minimum atomic E-state index is -0.531. The molecule has 0 spiro atoms. The van der Waals surface area contributed by atoms with E-state index in [1.54, 1.807) is 11.3 Å². The number of benzene rings is 1. The molecule has 0 saturated heterocycles. The first-order valence-electron chi connectivity index (χ1n) is 6.83. The van der Waals surface area contributed by atoms with Gasteiger partial charge in [0, 0.05) is 17.0 Å². The van der Waals surface area contributed by atoms with Crippen molar-refractivity contribution in [3.05, 3.63) is 57.3 Å². The Balaban J connectivity index is 2.21. The molecule has 1 unspecified atom stereocenters. The van der Waals surface area contributed by atoms with Crippen molar-refractivity contribution in [2.24, 2.45) is 0 Å². The molecule has 0 bridgehead atoms. The summed E-state index contributed by atoms with van der Waals surface area (Å²) in [4.78, 5) is 1.24. The Morgan fingerprint density at radius 1 is 1.25 bits per heavy atom. The van der Waals surface area contributed by atoms with Gasteiger partial charge in [-0.25, -0.2) is 8.78 Å². The van der Waals surface area contributed by atoms with Crippen LogP contribution in [-0.2, 0) is 6.42 Å². The Morgan fingerprint density at radius 2 is 2.05 bits per heavy atom. The van der Waals surface area contributed by atoms with Gasteiger partial charge in [0.05, 0.1) is 0 Å². The highest BCUT2D eigenvalue weighted by atomic mass is 32.1. The van der Waals surface area contributed by atoms with Crippen LogP contribution >= 0.6 is 11.3 Å². The second-order valence-corrected chi connectivity index (χ2v) is 6.00. The van der Waals surface area contributed by atoms with Crippen LogP contribution in [0.1, 0.15) is 35.4 Å². The molecule has 108 valence electrons. The molecule has 0 fully saturated rings. The standard InChI is InChI=1S/C16H19F2NS/c1-3-7-19-16(14-6-8-20-11(14)2)9-12-4-5-13(17)10-15(12)18/h4-6,8,10,16,19H,3,7,9H2,1-2H3. The summed E-state index contributed by atoms with van der Waals surface area (Å²) >= 11 is 1.69. The van der Waals surface area contributed by atoms with E-state index in [-0.39, 0.29) is 6.04 Å². The van der Waals surface area contributed by atoms with E-state index >= 15 is 0 Å². The Hall–Kier alpha value is -1.26. The lowest BCUT2D eigenvalue weighted by atomic mass is 9.99. The third-order valence-electron chi connectivity index (χ3n) is 3.35. The van der Waals surface area contributed by atoms with Gasteiger partial charge in [-0.2, -0.15) is 0 Å². The molecular formula is C16H19F2NS. The highest BCUT2D eigenvalue weighted by Gasteiger charge is 2.16. The van der Waals surface area contributed by atoms with Crippen molar-refractivity contribution in [3.63, 3.8) is 0 Å². The molecule has 1 heterocycles. The molecule has 2 rings (SSSR count). The SMILES string of the molecule is CCCNC(Cc1ccc(F)cc1F)c1ccsc1C. The summed E-state index contributed by atoms with van der Waals surface area (Å²) in [5.74, 6) is -1.00. The van der Waals surface area contributed by atoms with Crippen LogP contribution in [0.5, 0.6) is 0 Å². The molecule has 0 saturated carbocycles. The maximum atomic E-state index is 13.8. The summed E-state index contributed by atoms with van der Waals surface area (Å²) in [6.45, 7) is 5.05. The molecular weight excluding hydrogens is 276 g/mol. The lowest BCUT2D eigenvalue weighted by molar-refractivity contribution is 0.508. The van der Waals surface area contributed by atoms with E-state index in [4.69, 9.17) is 0 Å². The Morgan fingerprint density at radius 3 is 2.65 bits per heavy atom. The Labute approximate surface area is 122 Å². The van der Waals surface area contributed by atoms with Crippen molar-refractivity contribution < 1.29 is 8.78 Å². The Bertz CT molecular complexity index is 565. The normalized spacial score (nSPS) is 12.6. The largest absolute Gasteiger partial charge is 0.310 e. The van der Waals surface area contributed by atoms with E-state index < -0.39 is 11.6 Å². The van der Waals surface area contributed by atoms with Gasteiger partial charge in [0.25, 0.3) is 0 Å². The van der Waals surface area contributed by atoms with Gasteiger partial charge in [-0.1, -0.05) is 13.0 Å². The monoisotopic (exact) mass is 295 g/mol. The fraction of sp³-hybridized carbons (Fsp3) is 0.375. The molecule has 4 heteroatoms. The van der Waals surface area contributed by atoms with E-state index in [1.165, 1.54) is 22.6 Å². The maximum Gasteiger partial charge on any atom is 0.129 e. The summed E-state index contributed by atoms with van der Waals surface area (Å²) in [5.41, 5.74) is 1.75. The predicted molar refractivity (Wildman–Crippen MR) is 80.2 cm³/mol. The Kier molecular flexibility index (Phi) is 5.26. The topological polar surface area (TPSA) is 12.0 Å². The van der Waals surface area contributed by atoms with Crippen molar-refractivity contribution in [1.82, 2.24) is 5.32 Å². The zero-order valence-electron chi connectivity index (χ0n) is 11.7. The van der Waals surface area contributed by atoms with Gasteiger partial charge in [-0.05, 0) is 54.9 Å². The molecule has 0 aliphatic heterocycles. The van der Waals surface area contributed by atoms with Crippen molar-refractivity contribution in [1.29, 1.82) is 0 Å². The molecule has 1 nitrogen and oxygen atoms in total. The molecule has 1 aromatic heterocycles. The lowest BCUT2D eigenvalue weighted by Crippen LogP contribution is -2.24. The van der Waals surface area contributed by atoms with Crippen molar-refractivity contribution in [2.45, 2.75) is 32.7 Å². The number of hydrogen-bond acceptors (Lipinski definition) is 2. The molecule has 0 radical (unpaired) electrons. The van der Waals surface area contributed by atoms with Crippen LogP contribution < -0.4 is 5.32 Å². The summed E-state index contributed by atoms with van der Waals surface area (Å²) < 4.78 is 26.8. The number of hydrogen-bond donors (Lipinski definition) is 1. The van der Waals surface area contributed by atoms with E-state index in [2.05, 4.69) is 25.2 Å². The molecule has 1 N–H and O–H groups in total. The molecule has 0 aliphatic carbocycles. The average Bonchev–Trinajstić information content (AvgIpc) is 2.83. The second kappa shape index (κ2) is 6.95. The van der Waals surface area contributed by atoms with Gasteiger partial charge in [0.2, 0.25) is 0 Å². The fourth-order valence-corrected chi connectivity index (χ4v) is 3.04. The number of thiophene rings is 1. The maximum absolute atomic E-state index is 13.8. The van der Waals surface area contributed by atoms with Crippen LogP contribution in [-0.4, -0.2) is 6.54 Å². The van der Waals surface area contributed by atoms with Crippen LogP contribution in [0, 0.1) is 18.6 Å². The third-order valence-corrected chi connectivity index (χ3v) is 4.22. The molecule has 0 amide bonds. The first-order chi connectivity index (χ1) is 9.61. The van der Waals surface area contributed by atoms with Crippen molar-refractivity contribution in [2.75, 3.05) is 6.54 Å². The quantitative estimate of drug-likeness (QED) is 0.820. The van der Waals surface area contributed by atoms with Crippen LogP contribution in [0.3, 0.4) is 0 Å². The number of nitrogens with one attached hydrogen (secondary N) is 1. The predicted octanol–water partition coefficient (Wildman–Crippen LogP) is 4.62. The zero-order valence-corrected chi connectivity index (χ0v) is 12.6. The van der Waals surface area contributed by atoms with Gasteiger partial charge in [0.1, 0.15) is 11.6 Å². The number of aryl methyl sites for hydroxylation is 1. The summed E-state index contributed by atoms with van der Waals surface area (Å²) in [6, 6.07) is 5.95. The highest BCUT2D eigenvalue weighted by Crippen LogP contribution is 2.26. The first kappa shape index (κ1) is 15.1. The van der Waals surface area contributed by atoms with Crippen molar-refractivity contribution in [3.8, 4) is 0 Å². The molecule has 20 heavy (non-hydrogen) atoms. The second-order valence-electron chi connectivity index (χ2n) is 4.88. The van der Waals surface area contributed by atoms with E-state index in [0.29, 0.717) is 12.0 Å². The molecule has 1 aromatic carbocycles. The fourth-order valence-electron chi connectivity index (χ4n) is 2.27. The van der Waals surface area contributed by atoms with E-state index in [1.807, 2.05) is 5.38 Å². The lowest BCUT2D eigenvalue weighted by Gasteiger charge is -2.19. The van der Waals surface area contributed by atoms with Gasteiger partial charge in [0.15, 0.2) is 0 Å². The number of rotatable bonds is 6. The summed E-state index contributed by atoms with van der Waals surface area (Å²) in [6.07, 6.45) is 1.55. The third kappa shape index (κ3) is 3.64. The van der Waals surface area contributed by atoms with Gasteiger partial charge < -0.3 is 5.32 Å². The van der Waals surface area contributed by atoms with Gasteiger partial charge in [-0.3, -0.25) is 0 Å². The van der Waals surface area contributed by atoms with Gasteiger partial charge in [-0.15, -0.1) is 11.3 Å². The highest BCUT2D eigenvalue weighted by molar-refractivity contribution is 7.10. The molecule has 1 atom stereocenters.